The molecule has 0 aliphatic carbocycles. The van der Waals surface area contributed by atoms with Gasteiger partial charge in [0.05, 0.1) is 6.10 Å². The standard InChI is InChI=1S/C16H18N2O3/c1-11-7-13(9-15(20)18-11)16(21)17-10-14(19)8-12-5-3-2-4-6-12/h2-7,9,14,19H,8,10H2,1H3,(H,17,21)(H,18,20). The van der Waals surface area contributed by atoms with Gasteiger partial charge in [0.2, 0.25) is 5.56 Å². The minimum absolute atomic E-state index is 0.138. The van der Waals surface area contributed by atoms with Crippen molar-refractivity contribution in [1.82, 2.24) is 10.3 Å². The molecular weight excluding hydrogens is 268 g/mol. The number of H-pyrrole nitrogens is 1. The molecule has 5 nitrogen and oxygen atoms in total. The molecule has 0 radical (unpaired) electrons. The van der Waals surface area contributed by atoms with Crippen LogP contribution in [0.2, 0.25) is 0 Å². The van der Waals surface area contributed by atoms with E-state index in [-0.39, 0.29) is 18.0 Å². The average molecular weight is 286 g/mol. The van der Waals surface area contributed by atoms with Crippen LogP contribution in [0.5, 0.6) is 0 Å². The zero-order chi connectivity index (χ0) is 15.2. The number of aryl methyl sites for hydroxylation is 1. The second-order valence-electron chi connectivity index (χ2n) is 4.97. The molecule has 21 heavy (non-hydrogen) atoms. The van der Waals surface area contributed by atoms with Gasteiger partial charge in [-0.05, 0) is 18.6 Å². The lowest BCUT2D eigenvalue weighted by Crippen LogP contribution is -2.33. The second kappa shape index (κ2) is 6.85. The number of carbonyl (C=O) groups is 1. The zero-order valence-electron chi connectivity index (χ0n) is 11.8. The van der Waals surface area contributed by atoms with Gasteiger partial charge in [0, 0.05) is 30.3 Å². The van der Waals surface area contributed by atoms with Crippen molar-refractivity contribution in [3.8, 4) is 0 Å². The number of rotatable bonds is 5. The molecule has 3 N–H and O–H groups in total. The predicted molar refractivity (Wildman–Crippen MR) is 80.3 cm³/mol. The molecule has 2 aromatic rings. The van der Waals surface area contributed by atoms with Gasteiger partial charge in [0.25, 0.3) is 5.91 Å². The van der Waals surface area contributed by atoms with Gasteiger partial charge in [0.15, 0.2) is 0 Å². The van der Waals surface area contributed by atoms with E-state index < -0.39 is 6.10 Å². The molecule has 1 atom stereocenters. The molecule has 2 rings (SSSR count). The Labute approximate surface area is 122 Å². The second-order valence-corrected chi connectivity index (χ2v) is 4.97. The number of carbonyl (C=O) groups excluding carboxylic acids is 1. The number of aromatic amines is 1. The molecule has 1 unspecified atom stereocenters. The van der Waals surface area contributed by atoms with Gasteiger partial charge < -0.3 is 15.4 Å². The summed E-state index contributed by atoms with van der Waals surface area (Å²) >= 11 is 0. The Morgan fingerprint density at radius 3 is 2.67 bits per heavy atom. The molecule has 1 amide bonds. The summed E-state index contributed by atoms with van der Waals surface area (Å²) in [5.74, 6) is -0.365. The van der Waals surface area contributed by atoms with Crippen LogP contribution in [0.25, 0.3) is 0 Å². The SMILES string of the molecule is Cc1cc(C(=O)NCC(O)Cc2ccccc2)cc(=O)[nH]1. The number of amides is 1. The first-order valence-corrected chi connectivity index (χ1v) is 6.76. The number of hydrogen-bond acceptors (Lipinski definition) is 3. The van der Waals surface area contributed by atoms with Crippen molar-refractivity contribution in [2.24, 2.45) is 0 Å². The van der Waals surface area contributed by atoms with Gasteiger partial charge in [-0.3, -0.25) is 9.59 Å². The van der Waals surface area contributed by atoms with E-state index in [1.54, 1.807) is 13.0 Å². The molecule has 0 saturated heterocycles. The van der Waals surface area contributed by atoms with Gasteiger partial charge in [-0.15, -0.1) is 0 Å². The van der Waals surface area contributed by atoms with Crippen LogP contribution in [0.4, 0.5) is 0 Å². The highest BCUT2D eigenvalue weighted by molar-refractivity contribution is 5.94. The fourth-order valence-electron chi connectivity index (χ4n) is 2.08. The Hall–Kier alpha value is -2.40. The third-order valence-corrected chi connectivity index (χ3v) is 3.05. The molecule has 0 aliphatic rings. The van der Waals surface area contributed by atoms with Gasteiger partial charge in [0.1, 0.15) is 0 Å². The summed E-state index contributed by atoms with van der Waals surface area (Å²) in [6.45, 7) is 1.85. The maximum atomic E-state index is 11.9. The van der Waals surface area contributed by atoms with Gasteiger partial charge in [-0.25, -0.2) is 0 Å². The summed E-state index contributed by atoms with van der Waals surface area (Å²) in [5, 5.41) is 12.6. The van der Waals surface area contributed by atoms with Crippen molar-refractivity contribution >= 4 is 5.91 Å². The van der Waals surface area contributed by atoms with Crippen molar-refractivity contribution in [3.63, 3.8) is 0 Å². The van der Waals surface area contributed by atoms with E-state index in [1.807, 2.05) is 30.3 Å². The van der Waals surface area contributed by atoms with E-state index in [2.05, 4.69) is 10.3 Å². The van der Waals surface area contributed by atoms with E-state index in [4.69, 9.17) is 0 Å². The van der Waals surface area contributed by atoms with Crippen molar-refractivity contribution in [1.29, 1.82) is 0 Å². The molecule has 1 heterocycles. The maximum absolute atomic E-state index is 11.9. The summed E-state index contributed by atoms with van der Waals surface area (Å²) in [5.41, 5.74) is 1.61. The lowest BCUT2D eigenvalue weighted by atomic mass is 10.1. The molecule has 110 valence electrons. The maximum Gasteiger partial charge on any atom is 0.251 e. The number of aromatic nitrogens is 1. The highest BCUT2D eigenvalue weighted by Crippen LogP contribution is 2.03. The highest BCUT2D eigenvalue weighted by Gasteiger charge is 2.10. The molecule has 0 aliphatic heterocycles. The molecular formula is C16H18N2O3. The normalized spacial score (nSPS) is 11.9. The molecule has 1 aromatic heterocycles. The lowest BCUT2D eigenvalue weighted by Gasteiger charge is -2.12. The van der Waals surface area contributed by atoms with Gasteiger partial charge in [-0.2, -0.15) is 0 Å². The number of benzene rings is 1. The number of hydrogen-bond donors (Lipinski definition) is 3. The quantitative estimate of drug-likeness (QED) is 0.767. The van der Waals surface area contributed by atoms with Crippen LogP contribution in [0.1, 0.15) is 21.6 Å². The van der Waals surface area contributed by atoms with Crippen molar-refractivity contribution in [2.45, 2.75) is 19.4 Å². The van der Waals surface area contributed by atoms with Crippen molar-refractivity contribution in [3.05, 3.63) is 69.6 Å². The van der Waals surface area contributed by atoms with Crippen LogP contribution >= 0.6 is 0 Å². The summed E-state index contributed by atoms with van der Waals surface area (Å²) in [6.07, 6.45) is -0.199. The first kappa shape index (κ1) is 15.0. The largest absolute Gasteiger partial charge is 0.391 e. The summed E-state index contributed by atoms with van der Waals surface area (Å²) < 4.78 is 0. The topological polar surface area (TPSA) is 82.2 Å². The van der Waals surface area contributed by atoms with Gasteiger partial charge >= 0.3 is 0 Å². The van der Waals surface area contributed by atoms with Crippen LogP contribution in [0, 0.1) is 6.92 Å². The minimum Gasteiger partial charge on any atom is -0.391 e. The number of pyridine rings is 1. The Balaban J connectivity index is 1.90. The van der Waals surface area contributed by atoms with Crippen LogP contribution < -0.4 is 10.9 Å². The van der Waals surface area contributed by atoms with E-state index in [1.165, 1.54) is 6.07 Å². The summed E-state index contributed by atoms with van der Waals surface area (Å²) in [7, 11) is 0. The predicted octanol–water partition coefficient (Wildman–Crippen LogP) is 1.02. The van der Waals surface area contributed by atoms with E-state index in [0.29, 0.717) is 17.7 Å². The minimum atomic E-state index is -0.667. The molecule has 0 fully saturated rings. The number of aliphatic hydroxyl groups is 1. The van der Waals surface area contributed by atoms with E-state index >= 15 is 0 Å². The lowest BCUT2D eigenvalue weighted by molar-refractivity contribution is 0.0915. The molecule has 5 heteroatoms. The van der Waals surface area contributed by atoms with Crippen LogP contribution in [0.3, 0.4) is 0 Å². The third kappa shape index (κ3) is 4.57. The Morgan fingerprint density at radius 1 is 1.29 bits per heavy atom. The number of nitrogens with one attached hydrogen (secondary N) is 2. The first-order valence-electron chi connectivity index (χ1n) is 6.76. The van der Waals surface area contributed by atoms with E-state index in [0.717, 1.165) is 5.56 Å². The Kier molecular flexibility index (Phi) is 4.90. The van der Waals surface area contributed by atoms with Gasteiger partial charge in [-0.1, -0.05) is 30.3 Å². The third-order valence-electron chi connectivity index (χ3n) is 3.05. The Morgan fingerprint density at radius 2 is 2.00 bits per heavy atom. The fraction of sp³-hybridized carbons (Fsp3) is 0.250. The summed E-state index contributed by atoms with van der Waals surface area (Å²) in [4.78, 5) is 25.8. The highest BCUT2D eigenvalue weighted by atomic mass is 16.3. The monoisotopic (exact) mass is 286 g/mol. The van der Waals surface area contributed by atoms with Crippen LogP contribution in [0.15, 0.2) is 47.3 Å². The van der Waals surface area contributed by atoms with E-state index in [9.17, 15) is 14.7 Å². The molecule has 0 saturated carbocycles. The zero-order valence-corrected chi connectivity index (χ0v) is 11.8. The first-order chi connectivity index (χ1) is 10.0. The van der Waals surface area contributed by atoms with Crippen LogP contribution in [-0.2, 0) is 6.42 Å². The smallest absolute Gasteiger partial charge is 0.251 e. The number of aliphatic hydroxyl groups excluding tert-OH is 1. The van der Waals surface area contributed by atoms with Crippen molar-refractivity contribution in [2.75, 3.05) is 6.54 Å². The fourth-order valence-corrected chi connectivity index (χ4v) is 2.08. The van der Waals surface area contributed by atoms with Crippen molar-refractivity contribution < 1.29 is 9.90 Å². The Bertz CT molecular complexity index is 665. The molecule has 0 bridgehead atoms. The molecule has 1 aromatic carbocycles. The average Bonchev–Trinajstić information content (AvgIpc) is 2.45. The summed E-state index contributed by atoms with van der Waals surface area (Å²) in [6, 6.07) is 12.4. The molecule has 0 spiro atoms. The van der Waals surface area contributed by atoms with Crippen LogP contribution in [-0.4, -0.2) is 28.6 Å².